The first-order valence-corrected chi connectivity index (χ1v) is 8.41. The Bertz CT molecular complexity index is 477. The molecule has 0 aromatic carbocycles. The van der Waals surface area contributed by atoms with Crippen molar-refractivity contribution in [1.82, 2.24) is 9.97 Å². The van der Waals surface area contributed by atoms with Crippen LogP contribution < -0.4 is 10.2 Å². The second-order valence-electron chi connectivity index (χ2n) is 6.07. The third-order valence-electron chi connectivity index (χ3n) is 4.44. The van der Waals surface area contributed by atoms with Gasteiger partial charge in [0.2, 0.25) is 5.95 Å². The van der Waals surface area contributed by atoms with Crippen molar-refractivity contribution in [2.75, 3.05) is 29.9 Å². The van der Waals surface area contributed by atoms with Crippen LogP contribution in [0.4, 0.5) is 11.8 Å². The predicted octanol–water partition coefficient (Wildman–Crippen LogP) is 3.77. The van der Waals surface area contributed by atoms with Crippen molar-refractivity contribution in [1.29, 1.82) is 0 Å². The molecule has 1 N–H and O–H groups in total. The summed E-state index contributed by atoms with van der Waals surface area (Å²) in [5, 5.41) is 3.38. The van der Waals surface area contributed by atoms with Crippen LogP contribution in [-0.4, -0.2) is 29.6 Å². The molecule has 2 aliphatic rings. The SMILES string of the molecule is C1=C(CCNc2nccc(N3CCCCC3)n2)CCCC1. The maximum Gasteiger partial charge on any atom is 0.224 e. The zero-order valence-electron chi connectivity index (χ0n) is 12.9. The van der Waals surface area contributed by atoms with Gasteiger partial charge in [0.15, 0.2) is 0 Å². The predicted molar refractivity (Wildman–Crippen MR) is 87.8 cm³/mol. The van der Waals surface area contributed by atoms with Crippen LogP contribution in [0.5, 0.6) is 0 Å². The quantitative estimate of drug-likeness (QED) is 0.837. The Hall–Kier alpha value is -1.58. The van der Waals surface area contributed by atoms with Gasteiger partial charge in [-0.1, -0.05) is 11.6 Å². The van der Waals surface area contributed by atoms with Gasteiger partial charge in [-0.15, -0.1) is 0 Å². The third-order valence-corrected chi connectivity index (χ3v) is 4.44. The largest absolute Gasteiger partial charge is 0.356 e. The average molecular weight is 286 g/mol. The number of hydrogen-bond acceptors (Lipinski definition) is 4. The Labute approximate surface area is 127 Å². The fourth-order valence-electron chi connectivity index (χ4n) is 3.20. The number of hydrogen-bond donors (Lipinski definition) is 1. The molecule has 0 saturated carbocycles. The number of rotatable bonds is 5. The topological polar surface area (TPSA) is 41.1 Å². The Morgan fingerprint density at radius 1 is 1.10 bits per heavy atom. The van der Waals surface area contributed by atoms with Gasteiger partial charge < -0.3 is 10.2 Å². The molecule has 0 bridgehead atoms. The second-order valence-corrected chi connectivity index (χ2v) is 6.07. The highest BCUT2D eigenvalue weighted by Gasteiger charge is 2.12. The molecule has 0 unspecified atom stereocenters. The van der Waals surface area contributed by atoms with Gasteiger partial charge in [-0.2, -0.15) is 4.98 Å². The van der Waals surface area contributed by atoms with Gasteiger partial charge >= 0.3 is 0 Å². The van der Waals surface area contributed by atoms with Crippen LogP contribution in [0.3, 0.4) is 0 Å². The van der Waals surface area contributed by atoms with E-state index in [-0.39, 0.29) is 0 Å². The summed E-state index contributed by atoms with van der Waals surface area (Å²) in [6.07, 6.45) is 14.6. The minimum Gasteiger partial charge on any atom is -0.356 e. The molecule has 0 spiro atoms. The number of piperidine rings is 1. The lowest BCUT2D eigenvalue weighted by atomic mass is 9.97. The Kier molecular flexibility index (Phi) is 5.08. The molecule has 4 nitrogen and oxygen atoms in total. The molecule has 1 aromatic heterocycles. The number of nitrogens with zero attached hydrogens (tertiary/aromatic N) is 3. The summed E-state index contributed by atoms with van der Waals surface area (Å²) >= 11 is 0. The molecular formula is C17H26N4. The lowest BCUT2D eigenvalue weighted by molar-refractivity contribution is 0.573. The summed E-state index contributed by atoms with van der Waals surface area (Å²) in [5.74, 6) is 1.85. The molecule has 1 aliphatic heterocycles. The summed E-state index contributed by atoms with van der Waals surface area (Å²) in [4.78, 5) is 11.4. The Morgan fingerprint density at radius 3 is 2.81 bits per heavy atom. The molecule has 1 aromatic rings. The van der Waals surface area contributed by atoms with Crippen LogP contribution in [-0.2, 0) is 0 Å². The number of allylic oxidation sites excluding steroid dienone is 1. The van der Waals surface area contributed by atoms with Crippen molar-refractivity contribution in [3.63, 3.8) is 0 Å². The van der Waals surface area contributed by atoms with Gasteiger partial charge in [-0.05, 0) is 57.4 Å². The van der Waals surface area contributed by atoms with E-state index in [4.69, 9.17) is 0 Å². The monoisotopic (exact) mass is 286 g/mol. The first-order chi connectivity index (χ1) is 10.4. The maximum absolute atomic E-state index is 4.66. The van der Waals surface area contributed by atoms with Crippen molar-refractivity contribution < 1.29 is 0 Å². The van der Waals surface area contributed by atoms with E-state index in [2.05, 4.69) is 26.3 Å². The van der Waals surface area contributed by atoms with Gasteiger partial charge in [0.25, 0.3) is 0 Å². The van der Waals surface area contributed by atoms with E-state index in [0.717, 1.165) is 37.8 Å². The molecule has 1 aliphatic carbocycles. The zero-order chi connectivity index (χ0) is 14.3. The summed E-state index contributed by atoms with van der Waals surface area (Å²) in [6, 6.07) is 2.03. The highest BCUT2D eigenvalue weighted by Crippen LogP contribution is 2.20. The smallest absolute Gasteiger partial charge is 0.224 e. The van der Waals surface area contributed by atoms with Crippen LogP contribution >= 0.6 is 0 Å². The molecule has 0 amide bonds. The Morgan fingerprint density at radius 2 is 2.00 bits per heavy atom. The fraction of sp³-hybridized carbons (Fsp3) is 0.647. The minimum atomic E-state index is 0.773. The summed E-state index contributed by atoms with van der Waals surface area (Å²) in [7, 11) is 0. The van der Waals surface area contributed by atoms with Crippen LogP contribution in [0, 0.1) is 0 Å². The summed E-state index contributed by atoms with van der Waals surface area (Å²) in [5.41, 5.74) is 1.60. The maximum atomic E-state index is 4.66. The molecule has 2 heterocycles. The standard InChI is InChI=1S/C17H26N4/c1-3-7-15(8-4-1)9-11-18-17-19-12-10-16(20-17)21-13-5-2-6-14-21/h7,10,12H,1-6,8-9,11,13-14H2,(H,18,19,20). The van der Waals surface area contributed by atoms with Crippen molar-refractivity contribution in [3.8, 4) is 0 Å². The molecule has 1 fully saturated rings. The molecule has 4 heteroatoms. The second kappa shape index (κ2) is 7.43. The first kappa shape index (κ1) is 14.4. The average Bonchev–Trinajstić information content (AvgIpc) is 2.57. The molecule has 21 heavy (non-hydrogen) atoms. The molecule has 1 saturated heterocycles. The van der Waals surface area contributed by atoms with Gasteiger partial charge in [0, 0.05) is 25.8 Å². The molecule has 0 radical (unpaired) electrons. The highest BCUT2D eigenvalue weighted by atomic mass is 15.2. The van der Waals surface area contributed by atoms with Gasteiger partial charge in [-0.3, -0.25) is 0 Å². The van der Waals surface area contributed by atoms with E-state index in [1.165, 1.54) is 44.9 Å². The van der Waals surface area contributed by atoms with E-state index in [9.17, 15) is 0 Å². The van der Waals surface area contributed by atoms with Crippen molar-refractivity contribution in [2.45, 2.75) is 51.4 Å². The van der Waals surface area contributed by atoms with E-state index < -0.39 is 0 Å². The van der Waals surface area contributed by atoms with Crippen LogP contribution in [0.2, 0.25) is 0 Å². The fourth-order valence-corrected chi connectivity index (χ4v) is 3.20. The zero-order valence-corrected chi connectivity index (χ0v) is 12.9. The van der Waals surface area contributed by atoms with Crippen molar-refractivity contribution >= 4 is 11.8 Å². The van der Waals surface area contributed by atoms with E-state index in [1.54, 1.807) is 5.57 Å². The molecule has 114 valence electrons. The van der Waals surface area contributed by atoms with Gasteiger partial charge in [-0.25, -0.2) is 4.98 Å². The summed E-state index contributed by atoms with van der Waals surface area (Å²) in [6.45, 7) is 3.20. The first-order valence-electron chi connectivity index (χ1n) is 8.41. The normalized spacial score (nSPS) is 19.2. The molecule has 0 atom stereocenters. The van der Waals surface area contributed by atoms with Crippen molar-refractivity contribution in [3.05, 3.63) is 23.9 Å². The lowest BCUT2D eigenvalue weighted by Crippen LogP contribution is -2.30. The number of nitrogens with one attached hydrogen (secondary N) is 1. The lowest BCUT2D eigenvalue weighted by Gasteiger charge is -2.27. The summed E-state index contributed by atoms with van der Waals surface area (Å²) < 4.78 is 0. The molecular weight excluding hydrogens is 260 g/mol. The Balaban J connectivity index is 1.52. The van der Waals surface area contributed by atoms with Gasteiger partial charge in [0.1, 0.15) is 5.82 Å². The van der Waals surface area contributed by atoms with Crippen LogP contribution in [0.1, 0.15) is 51.4 Å². The van der Waals surface area contributed by atoms with Crippen molar-refractivity contribution in [2.24, 2.45) is 0 Å². The number of aromatic nitrogens is 2. The highest BCUT2D eigenvalue weighted by molar-refractivity contribution is 5.42. The van der Waals surface area contributed by atoms with Crippen LogP contribution in [0.15, 0.2) is 23.9 Å². The number of anilines is 2. The van der Waals surface area contributed by atoms with E-state index in [1.807, 2.05) is 12.3 Å². The third kappa shape index (κ3) is 4.19. The van der Waals surface area contributed by atoms with Crippen LogP contribution in [0.25, 0.3) is 0 Å². The van der Waals surface area contributed by atoms with Gasteiger partial charge in [0.05, 0.1) is 0 Å². The van der Waals surface area contributed by atoms with E-state index in [0.29, 0.717) is 0 Å². The van der Waals surface area contributed by atoms with E-state index >= 15 is 0 Å². The minimum absolute atomic E-state index is 0.773. The molecule has 3 rings (SSSR count).